The highest BCUT2D eigenvalue weighted by atomic mass is 32.1. The van der Waals surface area contributed by atoms with E-state index in [-0.39, 0.29) is 5.91 Å². The first-order valence-electron chi connectivity index (χ1n) is 7.71. The summed E-state index contributed by atoms with van der Waals surface area (Å²) >= 11 is 3.26. The van der Waals surface area contributed by atoms with Gasteiger partial charge in [0.25, 0.3) is 5.91 Å². The summed E-state index contributed by atoms with van der Waals surface area (Å²) in [5.74, 6) is 0.443. The van der Waals surface area contributed by atoms with Crippen LogP contribution >= 0.6 is 22.7 Å². The second-order valence-electron chi connectivity index (χ2n) is 5.17. The lowest BCUT2D eigenvalue weighted by atomic mass is 10.2. The number of thiophene rings is 1. The Kier molecular flexibility index (Phi) is 5.61. The number of benzene rings is 1. The first-order chi connectivity index (χ1) is 11.8. The van der Waals surface area contributed by atoms with Crippen molar-refractivity contribution in [1.29, 1.82) is 0 Å². The zero-order valence-corrected chi connectivity index (χ0v) is 15.0. The number of hydrogen-bond donors (Lipinski definition) is 1. The van der Waals surface area contributed by atoms with E-state index in [1.807, 2.05) is 23.6 Å². The van der Waals surface area contributed by atoms with E-state index >= 15 is 0 Å². The first kappa shape index (κ1) is 16.7. The van der Waals surface area contributed by atoms with Gasteiger partial charge in [0.2, 0.25) is 0 Å². The summed E-state index contributed by atoms with van der Waals surface area (Å²) in [5.41, 5.74) is 3.17. The molecule has 0 aliphatic rings. The van der Waals surface area contributed by atoms with Crippen molar-refractivity contribution in [3.63, 3.8) is 0 Å². The average Bonchev–Trinajstić information content (AvgIpc) is 3.29. The van der Waals surface area contributed by atoms with Crippen LogP contribution < -0.4 is 10.1 Å². The number of rotatable bonds is 7. The van der Waals surface area contributed by atoms with Gasteiger partial charge in [-0.25, -0.2) is 4.98 Å². The van der Waals surface area contributed by atoms with E-state index in [4.69, 9.17) is 4.74 Å². The van der Waals surface area contributed by atoms with Gasteiger partial charge in [0, 0.05) is 15.1 Å². The van der Waals surface area contributed by atoms with Gasteiger partial charge in [-0.2, -0.15) is 0 Å². The lowest BCUT2D eigenvalue weighted by molar-refractivity contribution is 0.0946. The summed E-state index contributed by atoms with van der Waals surface area (Å²) in [6, 6.07) is 11.5. The number of amides is 1. The highest BCUT2D eigenvalue weighted by Crippen LogP contribution is 2.20. The highest BCUT2D eigenvalue weighted by Gasteiger charge is 2.12. The lowest BCUT2D eigenvalue weighted by Gasteiger charge is -2.10. The Morgan fingerprint density at radius 2 is 2.04 bits per heavy atom. The summed E-state index contributed by atoms with van der Waals surface area (Å²) in [4.78, 5) is 19.1. The molecule has 0 aliphatic heterocycles. The predicted molar refractivity (Wildman–Crippen MR) is 97.8 cm³/mol. The van der Waals surface area contributed by atoms with Crippen LogP contribution in [-0.4, -0.2) is 10.9 Å². The van der Waals surface area contributed by atoms with Crippen LogP contribution in [0.5, 0.6) is 5.75 Å². The molecule has 0 saturated carbocycles. The minimum atomic E-state index is -0.129. The molecule has 3 aromatic rings. The Balaban J connectivity index is 1.63. The quantitative estimate of drug-likeness (QED) is 0.686. The minimum absolute atomic E-state index is 0.129. The molecule has 0 bridgehead atoms. The monoisotopic (exact) mass is 358 g/mol. The summed E-state index contributed by atoms with van der Waals surface area (Å²) in [6.07, 6.45) is 1.02. The number of carbonyl (C=O) groups excluding carboxylic acids is 1. The number of aryl methyl sites for hydroxylation is 1. The molecule has 1 N–H and O–H groups in total. The van der Waals surface area contributed by atoms with Crippen molar-refractivity contribution in [2.45, 2.75) is 26.5 Å². The van der Waals surface area contributed by atoms with Crippen molar-refractivity contribution in [3.05, 3.63) is 68.3 Å². The Bertz CT molecular complexity index is 797. The molecule has 0 spiro atoms. The number of ether oxygens (including phenoxy) is 1. The largest absolute Gasteiger partial charge is 0.486 e. The third-order valence-electron chi connectivity index (χ3n) is 3.48. The van der Waals surface area contributed by atoms with Crippen LogP contribution in [-0.2, 0) is 19.6 Å². The van der Waals surface area contributed by atoms with E-state index in [2.05, 4.69) is 29.4 Å². The van der Waals surface area contributed by atoms with Gasteiger partial charge >= 0.3 is 0 Å². The van der Waals surface area contributed by atoms with Gasteiger partial charge in [-0.05, 0) is 30.7 Å². The normalized spacial score (nSPS) is 10.5. The third-order valence-corrected chi connectivity index (χ3v) is 5.34. The van der Waals surface area contributed by atoms with Crippen LogP contribution in [0.15, 0.2) is 47.3 Å². The molecule has 0 fully saturated rings. The molecule has 4 nitrogen and oxygen atoms in total. The number of thiazole rings is 1. The number of hydrogen-bond acceptors (Lipinski definition) is 5. The van der Waals surface area contributed by atoms with Crippen molar-refractivity contribution < 1.29 is 9.53 Å². The summed E-state index contributed by atoms with van der Waals surface area (Å²) in [7, 11) is 0. The third kappa shape index (κ3) is 4.21. The van der Waals surface area contributed by atoms with Crippen molar-refractivity contribution >= 4 is 28.6 Å². The Hall–Kier alpha value is -2.18. The molecule has 2 heterocycles. The Morgan fingerprint density at radius 3 is 2.79 bits per heavy atom. The van der Waals surface area contributed by atoms with Crippen molar-refractivity contribution in [2.24, 2.45) is 0 Å². The standard InChI is InChI=1S/C18H18N2O2S2/c1-2-14-7-8-15(24-14)9-19-18(21)16-5-3-4-6-17(16)22-10-13-11-23-12-20-13/h3-8,11-12H,2,9-10H2,1H3,(H,19,21). The van der Waals surface area contributed by atoms with E-state index in [1.165, 1.54) is 16.2 Å². The molecule has 6 heteroatoms. The molecule has 0 radical (unpaired) electrons. The van der Waals surface area contributed by atoms with Gasteiger partial charge in [-0.3, -0.25) is 4.79 Å². The van der Waals surface area contributed by atoms with E-state index < -0.39 is 0 Å². The van der Waals surface area contributed by atoms with Crippen LogP contribution in [0.3, 0.4) is 0 Å². The van der Waals surface area contributed by atoms with Gasteiger partial charge in [0.1, 0.15) is 12.4 Å². The van der Waals surface area contributed by atoms with Crippen LogP contribution in [0.4, 0.5) is 0 Å². The summed E-state index contributed by atoms with van der Waals surface area (Å²) < 4.78 is 5.76. The maximum Gasteiger partial charge on any atom is 0.255 e. The fourth-order valence-electron chi connectivity index (χ4n) is 2.21. The number of aromatic nitrogens is 1. The van der Waals surface area contributed by atoms with Gasteiger partial charge in [-0.15, -0.1) is 22.7 Å². The van der Waals surface area contributed by atoms with Crippen LogP contribution in [0, 0.1) is 0 Å². The summed E-state index contributed by atoms with van der Waals surface area (Å²) in [5, 5.41) is 4.90. The molecular weight excluding hydrogens is 340 g/mol. The molecular formula is C18H18N2O2S2. The Labute approximate surface area is 149 Å². The second-order valence-corrected chi connectivity index (χ2v) is 7.14. The first-order valence-corrected chi connectivity index (χ1v) is 9.47. The van der Waals surface area contributed by atoms with E-state index in [1.54, 1.807) is 22.9 Å². The zero-order valence-electron chi connectivity index (χ0n) is 13.3. The molecule has 0 atom stereocenters. The van der Waals surface area contributed by atoms with Gasteiger partial charge in [-0.1, -0.05) is 19.1 Å². The molecule has 2 aromatic heterocycles. The topological polar surface area (TPSA) is 51.2 Å². The zero-order chi connectivity index (χ0) is 16.8. The molecule has 1 aromatic carbocycles. The van der Waals surface area contributed by atoms with Gasteiger partial charge in [0.15, 0.2) is 0 Å². The van der Waals surface area contributed by atoms with Crippen molar-refractivity contribution in [1.82, 2.24) is 10.3 Å². The lowest BCUT2D eigenvalue weighted by Crippen LogP contribution is -2.23. The van der Waals surface area contributed by atoms with E-state index in [0.29, 0.717) is 24.5 Å². The fraction of sp³-hybridized carbons (Fsp3) is 0.222. The number of nitrogens with one attached hydrogen (secondary N) is 1. The van der Waals surface area contributed by atoms with Crippen LogP contribution in [0.1, 0.15) is 32.7 Å². The molecule has 124 valence electrons. The van der Waals surface area contributed by atoms with Gasteiger partial charge in [0.05, 0.1) is 23.3 Å². The SMILES string of the molecule is CCc1ccc(CNC(=O)c2ccccc2OCc2cscn2)s1. The predicted octanol–water partition coefficient (Wildman–Crippen LogP) is 4.28. The molecule has 0 unspecified atom stereocenters. The molecule has 3 rings (SSSR count). The molecule has 0 saturated heterocycles. The molecule has 1 amide bonds. The smallest absolute Gasteiger partial charge is 0.255 e. The van der Waals surface area contributed by atoms with Gasteiger partial charge < -0.3 is 10.1 Å². The maximum atomic E-state index is 12.5. The average molecular weight is 358 g/mol. The molecule has 0 aliphatic carbocycles. The Morgan fingerprint density at radius 1 is 1.21 bits per heavy atom. The summed E-state index contributed by atoms with van der Waals surface area (Å²) in [6.45, 7) is 3.02. The van der Waals surface area contributed by atoms with Crippen molar-refractivity contribution in [2.75, 3.05) is 0 Å². The fourth-order valence-corrected chi connectivity index (χ4v) is 3.65. The van der Waals surface area contributed by atoms with Crippen LogP contribution in [0.25, 0.3) is 0 Å². The van der Waals surface area contributed by atoms with Crippen molar-refractivity contribution in [3.8, 4) is 5.75 Å². The second kappa shape index (κ2) is 8.08. The number of nitrogens with zero attached hydrogens (tertiary/aromatic N) is 1. The van der Waals surface area contributed by atoms with E-state index in [9.17, 15) is 4.79 Å². The maximum absolute atomic E-state index is 12.5. The van der Waals surface area contributed by atoms with E-state index in [0.717, 1.165) is 17.0 Å². The minimum Gasteiger partial charge on any atom is -0.486 e. The number of para-hydroxylation sites is 1. The highest BCUT2D eigenvalue weighted by molar-refractivity contribution is 7.12. The molecule has 24 heavy (non-hydrogen) atoms. The number of carbonyl (C=O) groups is 1. The van der Waals surface area contributed by atoms with Crippen LogP contribution in [0.2, 0.25) is 0 Å².